The smallest absolute Gasteiger partial charge is 0.229 e. The van der Waals surface area contributed by atoms with Gasteiger partial charge < -0.3 is 26.4 Å². The molecule has 0 aromatic carbocycles. The number of hydrogen-bond donors (Lipinski definition) is 4. The van der Waals surface area contributed by atoms with Crippen LogP contribution in [0.5, 0.6) is 0 Å². The number of allylic oxidation sites excluding steroid dienone is 1. The minimum absolute atomic E-state index is 0.0562. The molecule has 0 saturated carbocycles. The normalized spacial score (nSPS) is 22.3. The van der Waals surface area contributed by atoms with Crippen LogP contribution in [0.1, 0.15) is 31.2 Å². The molecule has 2 saturated heterocycles. The summed E-state index contributed by atoms with van der Waals surface area (Å²) in [6.45, 7) is 8.02. The van der Waals surface area contributed by atoms with E-state index < -0.39 is 0 Å². The van der Waals surface area contributed by atoms with Crippen molar-refractivity contribution in [3.05, 3.63) is 41.3 Å². The number of aromatic nitrogens is 1. The number of anilines is 1. The van der Waals surface area contributed by atoms with E-state index in [2.05, 4.69) is 32.5 Å². The van der Waals surface area contributed by atoms with Crippen molar-refractivity contribution in [1.82, 2.24) is 15.6 Å². The van der Waals surface area contributed by atoms with Gasteiger partial charge in [0.25, 0.3) is 0 Å². The molecule has 3 rings (SSSR count). The second-order valence-electron chi connectivity index (χ2n) is 7.93. The van der Waals surface area contributed by atoms with Gasteiger partial charge in [-0.05, 0) is 44.2 Å². The number of pyridine rings is 1. The van der Waals surface area contributed by atoms with E-state index in [1.807, 2.05) is 0 Å². The van der Waals surface area contributed by atoms with Gasteiger partial charge >= 0.3 is 0 Å². The van der Waals surface area contributed by atoms with Crippen molar-refractivity contribution in [3.63, 3.8) is 0 Å². The van der Waals surface area contributed by atoms with Gasteiger partial charge in [0.1, 0.15) is 5.82 Å². The predicted molar refractivity (Wildman–Crippen MR) is 125 cm³/mol. The van der Waals surface area contributed by atoms with Gasteiger partial charge in [0.15, 0.2) is 0 Å². The molecule has 0 aliphatic carbocycles. The van der Waals surface area contributed by atoms with Gasteiger partial charge in [0, 0.05) is 43.4 Å². The zero-order chi connectivity index (χ0) is 22.1. The van der Waals surface area contributed by atoms with Crippen LogP contribution in [0.15, 0.2) is 35.7 Å². The van der Waals surface area contributed by atoms with Crippen molar-refractivity contribution < 1.29 is 9.53 Å². The zero-order valence-electron chi connectivity index (χ0n) is 17.7. The first-order valence-electron chi connectivity index (χ1n) is 10.7. The first kappa shape index (κ1) is 23.2. The third-order valence-corrected chi connectivity index (χ3v) is 5.70. The average molecular weight is 447 g/mol. The van der Waals surface area contributed by atoms with Crippen LogP contribution in [0.2, 0.25) is 5.02 Å². The van der Waals surface area contributed by atoms with Crippen molar-refractivity contribution >= 4 is 35.2 Å². The maximum atomic E-state index is 12.4. The van der Waals surface area contributed by atoms with Crippen molar-refractivity contribution in [2.24, 2.45) is 22.6 Å². The van der Waals surface area contributed by atoms with E-state index in [0.29, 0.717) is 40.3 Å². The summed E-state index contributed by atoms with van der Waals surface area (Å²) in [5.74, 6) is 0.786. The van der Waals surface area contributed by atoms with E-state index in [0.717, 1.165) is 52.0 Å². The molecule has 168 valence electrons. The van der Waals surface area contributed by atoms with E-state index in [1.54, 1.807) is 12.3 Å². The van der Waals surface area contributed by atoms with Crippen LogP contribution in [0.4, 0.5) is 5.82 Å². The lowest BCUT2D eigenvalue weighted by Crippen LogP contribution is -2.37. The molecule has 8 nitrogen and oxygen atoms in total. The van der Waals surface area contributed by atoms with E-state index in [4.69, 9.17) is 22.1 Å². The minimum Gasteiger partial charge on any atom is -0.397 e. The van der Waals surface area contributed by atoms with Crippen molar-refractivity contribution in [2.45, 2.75) is 25.7 Å². The molecule has 1 unspecified atom stereocenters. The Bertz CT molecular complexity index is 829. The predicted octanol–water partition coefficient (Wildman–Crippen LogP) is 2.53. The lowest BCUT2D eigenvalue weighted by Gasteiger charge is -2.22. The summed E-state index contributed by atoms with van der Waals surface area (Å²) in [5, 5.41) is 9.73. The van der Waals surface area contributed by atoms with Gasteiger partial charge in [-0.15, -0.1) is 0 Å². The highest BCUT2D eigenvalue weighted by Crippen LogP contribution is 2.23. The summed E-state index contributed by atoms with van der Waals surface area (Å²) in [6, 6.07) is 1.66. The summed E-state index contributed by atoms with van der Waals surface area (Å²) in [4.78, 5) is 20.9. The summed E-state index contributed by atoms with van der Waals surface area (Å²) >= 11 is 6.25. The molecule has 0 radical (unpaired) electrons. The molecule has 1 aromatic rings. The summed E-state index contributed by atoms with van der Waals surface area (Å²) < 4.78 is 5.48. The zero-order valence-corrected chi connectivity index (χ0v) is 18.5. The molecule has 9 heteroatoms. The molecule has 2 fully saturated rings. The van der Waals surface area contributed by atoms with Crippen LogP contribution in [0.25, 0.3) is 5.70 Å². The highest BCUT2D eigenvalue weighted by molar-refractivity contribution is 6.32. The second-order valence-corrected chi connectivity index (χ2v) is 8.34. The summed E-state index contributed by atoms with van der Waals surface area (Å²) in [7, 11) is 0. The fourth-order valence-corrected chi connectivity index (χ4v) is 3.81. The minimum atomic E-state index is -0.0640. The highest BCUT2D eigenvalue weighted by Gasteiger charge is 2.21. The van der Waals surface area contributed by atoms with Crippen LogP contribution in [-0.2, 0) is 9.53 Å². The number of hydrogen-bond acceptors (Lipinski definition) is 7. The number of carbonyl (C=O) groups is 1. The van der Waals surface area contributed by atoms with Gasteiger partial charge in [-0.2, -0.15) is 0 Å². The number of piperidine rings is 1. The van der Waals surface area contributed by atoms with Crippen LogP contribution in [0.3, 0.4) is 0 Å². The van der Waals surface area contributed by atoms with E-state index in [-0.39, 0.29) is 11.8 Å². The quantitative estimate of drug-likeness (QED) is 0.456. The average Bonchev–Trinajstić information content (AvgIpc) is 2.80. The Morgan fingerprint density at radius 2 is 2.32 bits per heavy atom. The fourth-order valence-electron chi connectivity index (χ4n) is 3.60. The molecule has 31 heavy (non-hydrogen) atoms. The molecule has 2 atom stereocenters. The summed E-state index contributed by atoms with van der Waals surface area (Å²) in [5.41, 5.74) is 7.79. The molecule has 5 N–H and O–H groups in total. The van der Waals surface area contributed by atoms with Crippen LogP contribution < -0.4 is 21.7 Å². The Labute approximate surface area is 188 Å². The SMILES string of the molecule is C=C(C=N/C=C(\N)c1cc(NC(=O)[C@@H]2CCCNC2)ncc1Cl)NCC1CCCOC1. The monoisotopic (exact) mass is 446 g/mol. The Morgan fingerprint density at radius 1 is 1.45 bits per heavy atom. The first-order valence-corrected chi connectivity index (χ1v) is 11.1. The number of carbonyl (C=O) groups excluding carboxylic acids is 1. The number of rotatable bonds is 8. The van der Waals surface area contributed by atoms with E-state index in [1.165, 1.54) is 12.4 Å². The standard InChI is InChI=1S/C22H31ClN6O2/c1-15(27-10-16-4-3-7-31-14-16)9-26-13-20(24)18-8-21(28-12-19(18)23)29-22(30)17-5-2-6-25-11-17/h8-9,12-13,16-17,25,27H,1-7,10-11,14,24H2,(H,28,29,30)/b20-13-,26-9?/t16?,17-/m1/s1. The van der Waals surface area contributed by atoms with E-state index in [9.17, 15) is 4.79 Å². The maximum absolute atomic E-state index is 12.4. The molecular formula is C22H31ClN6O2. The molecule has 2 aliphatic rings. The van der Waals surface area contributed by atoms with Gasteiger partial charge in [0.05, 0.1) is 29.4 Å². The molecule has 0 spiro atoms. The molecule has 1 amide bonds. The number of halogens is 1. The third kappa shape index (κ3) is 7.34. The van der Waals surface area contributed by atoms with Gasteiger partial charge in [-0.1, -0.05) is 18.2 Å². The number of nitrogens with two attached hydrogens (primary N) is 1. The van der Waals surface area contributed by atoms with Crippen molar-refractivity contribution in [2.75, 3.05) is 38.2 Å². The molecule has 2 aliphatic heterocycles. The third-order valence-electron chi connectivity index (χ3n) is 5.40. The highest BCUT2D eigenvalue weighted by atomic mass is 35.5. The second kappa shape index (κ2) is 11.8. The Morgan fingerprint density at radius 3 is 3.06 bits per heavy atom. The Hall–Kier alpha value is -2.42. The summed E-state index contributed by atoms with van der Waals surface area (Å²) in [6.07, 6.45) is 8.70. The van der Waals surface area contributed by atoms with Gasteiger partial charge in [-0.25, -0.2) is 4.98 Å². The number of aliphatic imine (C=N–C) groups is 1. The number of ether oxygens (including phenoxy) is 1. The fraction of sp³-hybridized carbons (Fsp3) is 0.500. The number of nitrogens with one attached hydrogen (secondary N) is 3. The Balaban J connectivity index is 1.55. The maximum Gasteiger partial charge on any atom is 0.229 e. The lowest BCUT2D eigenvalue weighted by molar-refractivity contribution is -0.120. The van der Waals surface area contributed by atoms with Crippen molar-refractivity contribution in [1.29, 1.82) is 0 Å². The Kier molecular flexibility index (Phi) is 8.87. The number of nitrogens with zero attached hydrogens (tertiary/aromatic N) is 2. The molecular weight excluding hydrogens is 416 g/mol. The van der Waals surface area contributed by atoms with Gasteiger partial charge in [-0.3, -0.25) is 9.79 Å². The van der Waals surface area contributed by atoms with Crippen LogP contribution in [-0.4, -0.2) is 50.0 Å². The van der Waals surface area contributed by atoms with Crippen LogP contribution in [0, 0.1) is 11.8 Å². The topological polar surface area (TPSA) is 114 Å². The largest absolute Gasteiger partial charge is 0.397 e. The van der Waals surface area contributed by atoms with Gasteiger partial charge in [0.2, 0.25) is 5.91 Å². The lowest BCUT2D eigenvalue weighted by atomic mass is 9.99. The van der Waals surface area contributed by atoms with Crippen molar-refractivity contribution in [3.8, 4) is 0 Å². The van der Waals surface area contributed by atoms with Crippen LogP contribution >= 0.6 is 11.6 Å². The molecule has 3 heterocycles. The number of amides is 1. The molecule has 0 bridgehead atoms. The van der Waals surface area contributed by atoms with E-state index >= 15 is 0 Å². The first-order chi connectivity index (χ1) is 15.0. The molecule has 1 aromatic heterocycles.